The molecule has 2 heterocycles. The standard InChI is InChI=1S/C16H13FN4O3/c1-24-16(23)14-6-7-15(22)21(19-14)10-12-8-9-20(18-12)13-4-2-11(17)3-5-13/h2-9H,10H2,1H3. The zero-order chi connectivity index (χ0) is 17.1. The summed E-state index contributed by atoms with van der Waals surface area (Å²) in [6, 6.07) is 10.1. The Morgan fingerprint density at radius 3 is 2.58 bits per heavy atom. The number of halogens is 1. The molecule has 0 atom stereocenters. The number of methoxy groups -OCH3 is 1. The Kier molecular flexibility index (Phi) is 4.19. The molecule has 8 heteroatoms. The van der Waals surface area contributed by atoms with Crippen molar-refractivity contribution in [2.24, 2.45) is 0 Å². The lowest BCUT2D eigenvalue weighted by Crippen LogP contribution is -2.25. The van der Waals surface area contributed by atoms with Crippen molar-refractivity contribution in [1.29, 1.82) is 0 Å². The van der Waals surface area contributed by atoms with Gasteiger partial charge in [0.25, 0.3) is 5.56 Å². The van der Waals surface area contributed by atoms with Crippen molar-refractivity contribution in [3.63, 3.8) is 0 Å². The van der Waals surface area contributed by atoms with Crippen LogP contribution in [0.3, 0.4) is 0 Å². The van der Waals surface area contributed by atoms with Gasteiger partial charge in [-0.15, -0.1) is 0 Å². The van der Waals surface area contributed by atoms with Crippen LogP contribution in [0, 0.1) is 5.82 Å². The molecular formula is C16H13FN4O3. The van der Waals surface area contributed by atoms with Crippen LogP contribution in [0.4, 0.5) is 4.39 Å². The van der Waals surface area contributed by atoms with E-state index in [1.54, 1.807) is 29.1 Å². The predicted molar refractivity (Wildman–Crippen MR) is 82.5 cm³/mol. The summed E-state index contributed by atoms with van der Waals surface area (Å²) >= 11 is 0. The van der Waals surface area contributed by atoms with E-state index in [4.69, 9.17) is 0 Å². The summed E-state index contributed by atoms with van der Waals surface area (Å²) in [5.41, 5.74) is 0.927. The highest BCUT2D eigenvalue weighted by Gasteiger charge is 2.11. The molecule has 1 aromatic carbocycles. The van der Waals surface area contributed by atoms with Crippen molar-refractivity contribution in [2.45, 2.75) is 6.54 Å². The molecule has 122 valence electrons. The summed E-state index contributed by atoms with van der Waals surface area (Å²) < 4.78 is 20.2. The Morgan fingerprint density at radius 2 is 1.88 bits per heavy atom. The van der Waals surface area contributed by atoms with Crippen molar-refractivity contribution in [1.82, 2.24) is 19.6 Å². The zero-order valence-corrected chi connectivity index (χ0v) is 12.7. The van der Waals surface area contributed by atoms with Crippen LogP contribution in [0.1, 0.15) is 16.2 Å². The van der Waals surface area contributed by atoms with E-state index < -0.39 is 5.97 Å². The van der Waals surface area contributed by atoms with Gasteiger partial charge in [-0.05, 0) is 36.4 Å². The third kappa shape index (κ3) is 3.22. The maximum atomic E-state index is 13.0. The molecule has 0 saturated carbocycles. The molecule has 3 aromatic rings. The normalized spacial score (nSPS) is 10.6. The monoisotopic (exact) mass is 328 g/mol. The lowest BCUT2D eigenvalue weighted by Gasteiger charge is -2.04. The summed E-state index contributed by atoms with van der Waals surface area (Å²) in [4.78, 5) is 23.4. The highest BCUT2D eigenvalue weighted by molar-refractivity contribution is 5.86. The van der Waals surface area contributed by atoms with Gasteiger partial charge in [0.05, 0.1) is 25.0 Å². The SMILES string of the molecule is COC(=O)c1ccc(=O)n(Cc2ccn(-c3ccc(F)cc3)n2)n1. The van der Waals surface area contributed by atoms with Crippen LogP contribution in [-0.4, -0.2) is 32.6 Å². The first kappa shape index (κ1) is 15.6. The molecule has 0 N–H and O–H groups in total. The quantitative estimate of drug-likeness (QED) is 0.677. The molecule has 0 aliphatic heterocycles. The van der Waals surface area contributed by atoms with E-state index in [2.05, 4.69) is 14.9 Å². The lowest BCUT2D eigenvalue weighted by atomic mass is 10.3. The fraction of sp³-hybridized carbons (Fsp3) is 0.125. The van der Waals surface area contributed by atoms with Crippen molar-refractivity contribution < 1.29 is 13.9 Å². The molecule has 7 nitrogen and oxygen atoms in total. The van der Waals surface area contributed by atoms with Gasteiger partial charge in [0.2, 0.25) is 0 Å². The maximum Gasteiger partial charge on any atom is 0.358 e. The molecule has 0 spiro atoms. The van der Waals surface area contributed by atoms with E-state index >= 15 is 0 Å². The predicted octanol–water partition coefficient (Wildman–Crippen LogP) is 1.40. The number of carbonyl (C=O) groups excluding carboxylic acids is 1. The van der Waals surface area contributed by atoms with Crippen LogP contribution in [0.15, 0.2) is 53.5 Å². The molecule has 0 radical (unpaired) electrons. The Labute approximate surface area is 135 Å². The number of benzene rings is 1. The maximum absolute atomic E-state index is 13.0. The summed E-state index contributed by atoms with van der Waals surface area (Å²) in [5, 5.41) is 8.28. The zero-order valence-electron chi connectivity index (χ0n) is 12.7. The number of carbonyl (C=O) groups is 1. The second-order valence-electron chi connectivity index (χ2n) is 4.93. The molecule has 3 rings (SSSR count). The minimum Gasteiger partial charge on any atom is -0.464 e. The summed E-state index contributed by atoms with van der Waals surface area (Å²) in [6.07, 6.45) is 1.69. The van der Waals surface area contributed by atoms with Gasteiger partial charge in [-0.2, -0.15) is 10.2 Å². The number of ether oxygens (including phenoxy) is 1. The molecule has 0 fully saturated rings. The second-order valence-corrected chi connectivity index (χ2v) is 4.93. The first-order valence-electron chi connectivity index (χ1n) is 7.04. The largest absolute Gasteiger partial charge is 0.464 e. The van der Waals surface area contributed by atoms with E-state index in [0.717, 1.165) is 4.68 Å². The van der Waals surface area contributed by atoms with Crippen LogP contribution in [0.5, 0.6) is 0 Å². The first-order valence-corrected chi connectivity index (χ1v) is 7.04. The Bertz CT molecular complexity index is 931. The van der Waals surface area contributed by atoms with Gasteiger partial charge in [-0.1, -0.05) is 0 Å². The highest BCUT2D eigenvalue weighted by atomic mass is 19.1. The Morgan fingerprint density at radius 1 is 1.12 bits per heavy atom. The van der Waals surface area contributed by atoms with E-state index in [9.17, 15) is 14.0 Å². The fourth-order valence-corrected chi connectivity index (χ4v) is 2.11. The van der Waals surface area contributed by atoms with Gasteiger partial charge in [0, 0.05) is 12.3 Å². The summed E-state index contributed by atoms with van der Waals surface area (Å²) in [5.74, 6) is -0.956. The van der Waals surface area contributed by atoms with Crippen LogP contribution >= 0.6 is 0 Å². The molecule has 0 bridgehead atoms. The average Bonchev–Trinajstić information content (AvgIpc) is 3.05. The van der Waals surface area contributed by atoms with Gasteiger partial charge < -0.3 is 4.74 Å². The van der Waals surface area contributed by atoms with E-state index in [1.807, 2.05) is 0 Å². The number of aromatic nitrogens is 4. The molecule has 0 unspecified atom stereocenters. The van der Waals surface area contributed by atoms with Crippen LogP contribution in [-0.2, 0) is 11.3 Å². The number of nitrogens with zero attached hydrogens (tertiary/aromatic N) is 4. The summed E-state index contributed by atoms with van der Waals surface area (Å²) in [7, 11) is 1.24. The van der Waals surface area contributed by atoms with Crippen molar-refractivity contribution in [3.8, 4) is 5.69 Å². The lowest BCUT2D eigenvalue weighted by molar-refractivity contribution is 0.0591. The summed E-state index contributed by atoms with van der Waals surface area (Å²) in [6.45, 7) is 0.0951. The highest BCUT2D eigenvalue weighted by Crippen LogP contribution is 2.09. The molecule has 0 aliphatic rings. The van der Waals surface area contributed by atoms with Gasteiger partial charge in [0.1, 0.15) is 5.82 Å². The molecular weight excluding hydrogens is 315 g/mol. The van der Waals surface area contributed by atoms with E-state index in [-0.39, 0.29) is 23.6 Å². The topological polar surface area (TPSA) is 79.0 Å². The van der Waals surface area contributed by atoms with Crippen molar-refractivity contribution in [2.75, 3.05) is 7.11 Å². The first-order chi connectivity index (χ1) is 11.6. The minimum atomic E-state index is -0.624. The van der Waals surface area contributed by atoms with E-state index in [0.29, 0.717) is 11.4 Å². The number of hydrogen-bond donors (Lipinski definition) is 0. The van der Waals surface area contributed by atoms with Crippen LogP contribution < -0.4 is 5.56 Å². The van der Waals surface area contributed by atoms with Gasteiger partial charge in [0.15, 0.2) is 5.69 Å². The number of rotatable bonds is 4. The molecule has 0 amide bonds. The van der Waals surface area contributed by atoms with Gasteiger partial charge in [-0.3, -0.25) is 4.79 Å². The van der Waals surface area contributed by atoms with Crippen molar-refractivity contribution in [3.05, 3.63) is 76.2 Å². The van der Waals surface area contributed by atoms with Crippen LogP contribution in [0.25, 0.3) is 5.69 Å². The van der Waals surface area contributed by atoms with Crippen molar-refractivity contribution >= 4 is 5.97 Å². The fourth-order valence-electron chi connectivity index (χ4n) is 2.11. The second kappa shape index (κ2) is 6.45. The Hall–Kier alpha value is -3.29. The molecule has 0 aliphatic carbocycles. The molecule has 0 saturated heterocycles. The third-order valence-corrected chi connectivity index (χ3v) is 3.31. The third-order valence-electron chi connectivity index (χ3n) is 3.31. The van der Waals surface area contributed by atoms with E-state index in [1.165, 1.54) is 31.4 Å². The Balaban J connectivity index is 1.86. The number of hydrogen-bond acceptors (Lipinski definition) is 5. The van der Waals surface area contributed by atoms with Gasteiger partial charge in [-0.25, -0.2) is 18.5 Å². The molecule has 2 aromatic heterocycles. The van der Waals surface area contributed by atoms with Gasteiger partial charge >= 0.3 is 5.97 Å². The van der Waals surface area contributed by atoms with Crippen LogP contribution in [0.2, 0.25) is 0 Å². The minimum absolute atomic E-state index is 0.0371. The molecule has 24 heavy (non-hydrogen) atoms. The average molecular weight is 328 g/mol. The smallest absolute Gasteiger partial charge is 0.358 e. The number of esters is 1.